The van der Waals surface area contributed by atoms with Gasteiger partial charge < -0.3 is 26.4 Å². The van der Waals surface area contributed by atoms with E-state index in [-0.39, 0.29) is 22.9 Å². The highest BCUT2D eigenvalue weighted by Gasteiger charge is 2.39. The number of phenols is 1. The number of hydrogen-bond acceptors (Lipinski definition) is 5. The van der Waals surface area contributed by atoms with Gasteiger partial charge in [0.25, 0.3) is 0 Å². The summed E-state index contributed by atoms with van der Waals surface area (Å²) in [6.45, 7) is 10.8. The predicted molar refractivity (Wildman–Crippen MR) is 133 cm³/mol. The molecule has 31 heavy (non-hydrogen) atoms. The van der Waals surface area contributed by atoms with Crippen LogP contribution in [0, 0.1) is 5.41 Å². The maximum atomic E-state index is 10.7. The Bertz CT molecular complexity index is 1070. The number of aromatic hydroxyl groups is 1. The summed E-state index contributed by atoms with van der Waals surface area (Å²) in [7, 11) is 1.96. The molecule has 3 rings (SSSR count). The van der Waals surface area contributed by atoms with Gasteiger partial charge in [-0.25, -0.2) is 0 Å². The van der Waals surface area contributed by atoms with Gasteiger partial charge in [-0.05, 0) is 93.3 Å². The summed E-state index contributed by atoms with van der Waals surface area (Å²) in [6, 6.07) is 2.09. The molecule has 0 aromatic heterocycles. The van der Waals surface area contributed by atoms with E-state index in [0.717, 1.165) is 29.3 Å². The molecule has 0 saturated carbocycles. The van der Waals surface area contributed by atoms with Gasteiger partial charge in [-0.3, -0.25) is 5.41 Å². The standard InChI is InChI=1S/C24H34BrN5O/c1-14-9-17-19(28-13-14)10-16(22(31)21(17)25)18(26)7-8-20(27)30(6)15-11-23(2,3)29-24(4,5)12-15/h7-10,13,15,27-29,31H,11-12,26H2,1-6H3. The largest absolute Gasteiger partial charge is 0.506 e. The molecule has 1 fully saturated rings. The average Bonchev–Trinajstić information content (AvgIpc) is 2.66. The minimum atomic E-state index is 0.00778. The number of anilines is 1. The number of halogens is 1. The van der Waals surface area contributed by atoms with E-state index in [0.29, 0.717) is 21.2 Å². The topological polar surface area (TPSA) is 97.4 Å². The monoisotopic (exact) mass is 487 g/mol. The molecule has 1 saturated heterocycles. The summed E-state index contributed by atoms with van der Waals surface area (Å²) < 4.78 is 0.600. The number of allylic oxidation sites excluding steroid dienone is 1. The number of phenolic OH excluding ortho intramolecular Hbond substituents is 1. The van der Waals surface area contributed by atoms with Crippen molar-refractivity contribution in [2.24, 2.45) is 5.73 Å². The van der Waals surface area contributed by atoms with Gasteiger partial charge in [0.2, 0.25) is 0 Å². The van der Waals surface area contributed by atoms with Crippen molar-refractivity contribution in [3.63, 3.8) is 0 Å². The summed E-state index contributed by atoms with van der Waals surface area (Å²) in [5.74, 6) is 0.485. The van der Waals surface area contributed by atoms with Crippen LogP contribution in [0.25, 0.3) is 11.8 Å². The summed E-state index contributed by atoms with van der Waals surface area (Å²) in [4.78, 5) is 2.01. The smallest absolute Gasteiger partial charge is 0.139 e. The van der Waals surface area contributed by atoms with E-state index in [1.54, 1.807) is 12.2 Å². The molecule has 1 aromatic rings. The van der Waals surface area contributed by atoms with E-state index >= 15 is 0 Å². The number of nitrogens with one attached hydrogen (secondary N) is 3. The molecule has 1 aromatic carbocycles. The fraction of sp³-hybridized carbons (Fsp3) is 0.458. The first kappa shape index (κ1) is 23.4. The molecule has 6 nitrogen and oxygen atoms in total. The molecule has 0 unspecified atom stereocenters. The lowest BCUT2D eigenvalue weighted by Crippen LogP contribution is -2.62. The highest BCUT2D eigenvalue weighted by Crippen LogP contribution is 2.31. The quantitative estimate of drug-likeness (QED) is 0.256. The van der Waals surface area contributed by atoms with E-state index < -0.39 is 0 Å². The predicted octanol–water partition coefficient (Wildman–Crippen LogP) is 3.11. The van der Waals surface area contributed by atoms with Crippen LogP contribution >= 0.6 is 15.9 Å². The number of rotatable bonds is 3. The second-order valence-corrected chi connectivity index (χ2v) is 10.8. The first-order chi connectivity index (χ1) is 14.3. The number of fused-ring (bicyclic) bond motifs is 1. The molecular formula is C24H34BrN5O. The number of nitrogens with two attached hydrogens (primary N) is 1. The molecule has 2 aliphatic rings. The number of benzene rings is 1. The lowest BCUT2D eigenvalue weighted by atomic mass is 9.79. The third-order valence-electron chi connectivity index (χ3n) is 5.93. The zero-order valence-electron chi connectivity index (χ0n) is 19.2. The van der Waals surface area contributed by atoms with Crippen molar-refractivity contribution in [3.05, 3.63) is 44.9 Å². The SMILES string of the molecule is CC1=CNc2cc(=C(N)C=CC(=N)N(C)C3CC(C)(C)NC(C)(C)C3)c(O)c(Br)c2=C1. The number of likely N-dealkylation sites (N-methyl/N-ethyl adjacent to an activating group) is 1. The molecule has 2 heterocycles. The second-order valence-electron chi connectivity index (χ2n) is 9.96. The summed E-state index contributed by atoms with van der Waals surface area (Å²) in [6.07, 6.45) is 9.21. The Balaban J connectivity index is 1.87. The van der Waals surface area contributed by atoms with Gasteiger partial charge in [0.05, 0.1) is 4.47 Å². The van der Waals surface area contributed by atoms with Crippen molar-refractivity contribution < 1.29 is 5.11 Å². The summed E-state index contributed by atoms with van der Waals surface area (Å²) in [5, 5.41) is 27.6. The van der Waals surface area contributed by atoms with Gasteiger partial charge in [0.1, 0.15) is 11.6 Å². The van der Waals surface area contributed by atoms with E-state index in [2.05, 4.69) is 54.3 Å². The van der Waals surface area contributed by atoms with Crippen LogP contribution in [-0.2, 0) is 0 Å². The van der Waals surface area contributed by atoms with E-state index in [1.807, 2.05) is 37.2 Å². The normalized spacial score (nSPS) is 20.9. The number of hydrogen-bond donors (Lipinski definition) is 5. The second kappa shape index (κ2) is 8.36. The number of nitrogens with zero attached hydrogens (tertiary/aromatic N) is 1. The van der Waals surface area contributed by atoms with Crippen LogP contribution in [0.4, 0.5) is 5.69 Å². The molecule has 6 N–H and O–H groups in total. The lowest BCUT2D eigenvalue weighted by Gasteiger charge is -2.49. The Morgan fingerprint density at radius 3 is 2.48 bits per heavy atom. The third-order valence-corrected chi connectivity index (χ3v) is 6.74. The van der Waals surface area contributed by atoms with Crippen LogP contribution in [0.15, 0.2) is 34.5 Å². The van der Waals surface area contributed by atoms with Crippen molar-refractivity contribution in [3.8, 4) is 5.75 Å². The Labute approximate surface area is 193 Å². The van der Waals surface area contributed by atoms with Gasteiger partial charge in [0, 0.05) is 52.2 Å². The highest BCUT2D eigenvalue weighted by atomic mass is 79.9. The Morgan fingerprint density at radius 2 is 1.87 bits per heavy atom. The molecule has 0 radical (unpaired) electrons. The van der Waals surface area contributed by atoms with Crippen LogP contribution in [0.5, 0.6) is 5.75 Å². The molecule has 0 aliphatic carbocycles. The van der Waals surface area contributed by atoms with Crippen LogP contribution < -0.4 is 26.8 Å². The fourth-order valence-electron chi connectivity index (χ4n) is 4.71. The van der Waals surface area contributed by atoms with Crippen molar-refractivity contribution in [1.82, 2.24) is 10.2 Å². The van der Waals surface area contributed by atoms with E-state index in [4.69, 9.17) is 11.1 Å². The first-order valence-electron chi connectivity index (χ1n) is 10.5. The third kappa shape index (κ3) is 5.15. The van der Waals surface area contributed by atoms with E-state index in [9.17, 15) is 5.11 Å². The molecule has 7 heteroatoms. The van der Waals surface area contributed by atoms with Crippen LogP contribution in [0.3, 0.4) is 0 Å². The number of piperidine rings is 1. The molecule has 0 atom stereocenters. The minimum absolute atomic E-state index is 0.00778. The van der Waals surface area contributed by atoms with Gasteiger partial charge in [-0.15, -0.1) is 0 Å². The van der Waals surface area contributed by atoms with Crippen molar-refractivity contribution in [2.45, 2.75) is 64.6 Å². The number of amidine groups is 1. The van der Waals surface area contributed by atoms with E-state index in [1.165, 1.54) is 0 Å². The summed E-state index contributed by atoms with van der Waals surface area (Å²) >= 11 is 3.49. The lowest BCUT2D eigenvalue weighted by molar-refractivity contribution is 0.114. The van der Waals surface area contributed by atoms with Crippen LogP contribution in [0.2, 0.25) is 0 Å². The Morgan fingerprint density at radius 1 is 1.26 bits per heavy atom. The van der Waals surface area contributed by atoms with Crippen molar-refractivity contribution in [1.29, 1.82) is 5.41 Å². The molecule has 168 valence electrons. The van der Waals surface area contributed by atoms with Crippen LogP contribution in [0.1, 0.15) is 47.5 Å². The van der Waals surface area contributed by atoms with Crippen molar-refractivity contribution in [2.75, 3.05) is 12.4 Å². The highest BCUT2D eigenvalue weighted by molar-refractivity contribution is 9.10. The van der Waals surface area contributed by atoms with Crippen molar-refractivity contribution >= 4 is 39.2 Å². The first-order valence-corrected chi connectivity index (χ1v) is 11.3. The molecule has 0 amide bonds. The van der Waals surface area contributed by atoms with Gasteiger partial charge in [-0.2, -0.15) is 0 Å². The fourth-order valence-corrected chi connectivity index (χ4v) is 5.25. The molecule has 0 bridgehead atoms. The maximum absolute atomic E-state index is 10.7. The maximum Gasteiger partial charge on any atom is 0.139 e. The molecule has 2 aliphatic heterocycles. The van der Waals surface area contributed by atoms with Gasteiger partial charge in [0.15, 0.2) is 0 Å². The Kier molecular flexibility index (Phi) is 6.31. The van der Waals surface area contributed by atoms with Crippen LogP contribution in [-0.4, -0.2) is 40.0 Å². The average molecular weight is 488 g/mol. The Hall–Kier alpha value is -2.25. The minimum Gasteiger partial charge on any atom is -0.506 e. The van der Waals surface area contributed by atoms with Gasteiger partial charge >= 0.3 is 0 Å². The zero-order chi connectivity index (χ0) is 23.1. The van der Waals surface area contributed by atoms with Gasteiger partial charge in [-0.1, -0.05) is 0 Å². The zero-order valence-corrected chi connectivity index (χ0v) is 20.8. The molecular weight excluding hydrogens is 454 g/mol. The summed E-state index contributed by atoms with van der Waals surface area (Å²) in [5.41, 5.74) is 8.66. The molecule has 0 spiro atoms.